The average molecular weight is 352 g/mol. The van der Waals surface area contributed by atoms with Crippen LogP contribution in [0.1, 0.15) is 35.8 Å². The van der Waals surface area contributed by atoms with Crippen molar-refractivity contribution in [2.24, 2.45) is 0 Å². The molecule has 0 saturated carbocycles. The number of amides is 1. The molecule has 1 saturated heterocycles. The number of halogens is 1. The van der Waals surface area contributed by atoms with Crippen molar-refractivity contribution in [3.63, 3.8) is 0 Å². The van der Waals surface area contributed by atoms with Crippen LogP contribution in [0.3, 0.4) is 0 Å². The molecule has 1 aliphatic rings. The smallest absolute Gasteiger partial charge is 0.271 e. The highest BCUT2D eigenvalue weighted by Gasteiger charge is 2.23. The van der Waals surface area contributed by atoms with Crippen molar-refractivity contribution in [1.82, 2.24) is 15.6 Å². The van der Waals surface area contributed by atoms with Gasteiger partial charge in [0.25, 0.3) is 5.91 Å². The molecule has 2 unspecified atom stereocenters. The van der Waals surface area contributed by atoms with Gasteiger partial charge in [-0.25, -0.2) is 4.98 Å². The fraction of sp³-hybridized carbons (Fsp3) is 0.412. The molecule has 1 aromatic carbocycles. The Hall–Kier alpha value is -1.43. The fourth-order valence-corrected chi connectivity index (χ4v) is 3.69. The lowest BCUT2D eigenvalue weighted by Crippen LogP contribution is -2.51. The summed E-state index contributed by atoms with van der Waals surface area (Å²) in [5.41, 5.74) is 2.79. The first-order chi connectivity index (χ1) is 10.6. The van der Waals surface area contributed by atoms with Crippen molar-refractivity contribution in [1.29, 1.82) is 0 Å². The number of nitrogens with zero attached hydrogens (tertiary/aromatic N) is 1. The molecule has 124 valence electrons. The zero-order valence-electron chi connectivity index (χ0n) is 13.3. The summed E-state index contributed by atoms with van der Waals surface area (Å²) in [5, 5.41) is 9.25. The van der Waals surface area contributed by atoms with E-state index in [1.807, 2.05) is 23.6 Å². The number of nitrogens with one attached hydrogen (secondary N) is 2. The Balaban J connectivity index is 0.00000192. The third kappa shape index (κ3) is 4.10. The van der Waals surface area contributed by atoms with E-state index in [-0.39, 0.29) is 24.4 Å². The number of rotatable bonds is 3. The molecule has 6 heteroatoms. The molecule has 1 aliphatic heterocycles. The molecule has 0 spiro atoms. The highest BCUT2D eigenvalue weighted by Crippen LogP contribution is 2.26. The van der Waals surface area contributed by atoms with Gasteiger partial charge in [0.1, 0.15) is 10.7 Å². The molecule has 23 heavy (non-hydrogen) atoms. The lowest BCUT2D eigenvalue weighted by atomic mass is 10.00. The second kappa shape index (κ2) is 7.90. The maximum Gasteiger partial charge on any atom is 0.271 e. The van der Waals surface area contributed by atoms with Crippen LogP contribution in [0.25, 0.3) is 10.6 Å². The zero-order chi connectivity index (χ0) is 15.5. The number of hydrogen-bond acceptors (Lipinski definition) is 4. The first kappa shape index (κ1) is 17.9. The number of hydrogen-bond donors (Lipinski definition) is 2. The molecule has 1 aromatic heterocycles. The van der Waals surface area contributed by atoms with Crippen LogP contribution in [0.2, 0.25) is 0 Å². The van der Waals surface area contributed by atoms with E-state index in [0.717, 1.165) is 30.0 Å². The summed E-state index contributed by atoms with van der Waals surface area (Å²) in [5.74, 6) is -0.0726. The van der Waals surface area contributed by atoms with Crippen molar-refractivity contribution in [3.8, 4) is 10.6 Å². The summed E-state index contributed by atoms with van der Waals surface area (Å²) in [6.45, 7) is 5.21. The first-order valence-corrected chi connectivity index (χ1v) is 8.59. The van der Waals surface area contributed by atoms with Crippen molar-refractivity contribution in [3.05, 3.63) is 40.9 Å². The van der Waals surface area contributed by atoms with E-state index in [0.29, 0.717) is 11.7 Å². The minimum Gasteiger partial charge on any atom is -0.346 e. The molecule has 0 aliphatic carbocycles. The molecule has 0 radical (unpaired) electrons. The van der Waals surface area contributed by atoms with E-state index in [2.05, 4.69) is 35.5 Å². The van der Waals surface area contributed by atoms with Crippen molar-refractivity contribution in [2.75, 3.05) is 6.54 Å². The Labute approximate surface area is 147 Å². The van der Waals surface area contributed by atoms with Crippen molar-refractivity contribution in [2.45, 2.75) is 38.8 Å². The molecule has 4 nitrogen and oxygen atoms in total. The minimum atomic E-state index is -0.0726. The monoisotopic (exact) mass is 351 g/mol. The highest BCUT2D eigenvalue weighted by molar-refractivity contribution is 7.13. The fourth-order valence-electron chi connectivity index (χ4n) is 2.80. The SMILES string of the molecule is Cc1ccccc1-c1nc(C(=O)NC2CCCNC2C)cs1.Cl. The molecule has 2 N–H and O–H groups in total. The number of carbonyl (C=O) groups is 1. The van der Waals surface area contributed by atoms with E-state index >= 15 is 0 Å². The quantitative estimate of drug-likeness (QED) is 0.891. The number of aromatic nitrogens is 1. The maximum absolute atomic E-state index is 12.4. The van der Waals surface area contributed by atoms with Crippen LogP contribution in [-0.2, 0) is 0 Å². The van der Waals surface area contributed by atoms with Crippen LogP contribution >= 0.6 is 23.7 Å². The van der Waals surface area contributed by atoms with Gasteiger partial charge in [0.05, 0.1) is 0 Å². The maximum atomic E-state index is 12.4. The molecule has 1 fully saturated rings. The molecule has 3 rings (SSSR count). The van der Waals surface area contributed by atoms with Gasteiger partial charge >= 0.3 is 0 Å². The second-order valence-corrected chi connectivity index (χ2v) is 6.68. The summed E-state index contributed by atoms with van der Waals surface area (Å²) < 4.78 is 0. The number of aryl methyl sites for hydroxylation is 1. The van der Waals surface area contributed by atoms with Gasteiger partial charge < -0.3 is 10.6 Å². The average Bonchev–Trinajstić information content (AvgIpc) is 3.00. The van der Waals surface area contributed by atoms with Crippen molar-refractivity contribution >= 4 is 29.7 Å². The predicted molar refractivity (Wildman–Crippen MR) is 97.5 cm³/mol. The van der Waals surface area contributed by atoms with Gasteiger partial charge in [0.15, 0.2) is 0 Å². The molecular formula is C17H22ClN3OS. The lowest BCUT2D eigenvalue weighted by molar-refractivity contribution is 0.0915. The number of benzene rings is 1. The molecule has 2 heterocycles. The third-order valence-electron chi connectivity index (χ3n) is 4.19. The summed E-state index contributed by atoms with van der Waals surface area (Å²) in [6, 6.07) is 8.61. The van der Waals surface area contributed by atoms with Crippen LogP contribution in [0.5, 0.6) is 0 Å². The van der Waals surface area contributed by atoms with Gasteiger partial charge in [-0.3, -0.25) is 4.79 Å². The van der Waals surface area contributed by atoms with Crippen LogP contribution in [0, 0.1) is 6.92 Å². The van der Waals surface area contributed by atoms with Crippen LogP contribution in [0.15, 0.2) is 29.6 Å². The summed E-state index contributed by atoms with van der Waals surface area (Å²) in [6.07, 6.45) is 2.12. The van der Waals surface area contributed by atoms with E-state index in [9.17, 15) is 4.79 Å². The topological polar surface area (TPSA) is 54.0 Å². The van der Waals surface area contributed by atoms with Gasteiger partial charge in [-0.2, -0.15) is 0 Å². The van der Waals surface area contributed by atoms with Gasteiger partial charge in [0.2, 0.25) is 0 Å². The highest BCUT2D eigenvalue weighted by atomic mass is 35.5. The second-order valence-electron chi connectivity index (χ2n) is 5.82. The lowest BCUT2D eigenvalue weighted by Gasteiger charge is -2.30. The number of piperidine rings is 1. The van der Waals surface area contributed by atoms with Gasteiger partial charge in [-0.05, 0) is 38.8 Å². The van der Waals surface area contributed by atoms with Gasteiger partial charge in [-0.15, -0.1) is 23.7 Å². The minimum absolute atomic E-state index is 0. The summed E-state index contributed by atoms with van der Waals surface area (Å²) >= 11 is 1.52. The summed E-state index contributed by atoms with van der Waals surface area (Å²) in [4.78, 5) is 16.9. The molecule has 2 atom stereocenters. The predicted octanol–water partition coefficient (Wildman–Crippen LogP) is 3.41. The van der Waals surface area contributed by atoms with Crippen molar-refractivity contribution < 1.29 is 4.79 Å². The largest absolute Gasteiger partial charge is 0.346 e. The first-order valence-electron chi connectivity index (χ1n) is 7.71. The molecule has 2 aromatic rings. The Morgan fingerprint density at radius 1 is 1.39 bits per heavy atom. The van der Waals surface area contributed by atoms with E-state index in [1.165, 1.54) is 16.9 Å². The zero-order valence-corrected chi connectivity index (χ0v) is 15.0. The number of thiazole rings is 1. The van der Waals surface area contributed by atoms with E-state index in [1.54, 1.807) is 0 Å². The van der Waals surface area contributed by atoms with Gasteiger partial charge in [0, 0.05) is 23.0 Å². The third-order valence-corrected chi connectivity index (χ3v) is 5.07. The van der Waals surface area contributed by atoms with Crippen LogP contribution < -0.4 is 10.6 Å². The van der Waals surface area contributed by atoms with Crippen LogP contribution in [0.4, 0.5) is 0 Å². The molecular weight excluding hydrogens is 330 g/mol. The Morgan fingerprint density at radius 3 is 2.91 bits per heavy atom. The Kier molecular flexibility index (Phi) is 6.16. The molecule has 1 amide bonds. The Morgan fingerprint density at radius 2 is 2.17 bits per heavy atom. The standard InChI is InChI=1S/C17H21N3OS.ClH/c1-11-6-3-4-7-13(11)17-20-15(10-22-17)16(21)19-14-8-5-9-18-12(14)2;/h3-4,6-7,10,12,14,18H,5,8-9H2,1-2H3,(H,19,21);1H. The van der Waals surface area contributed by atoms with Crippen LogP contribution in [-0.4, -0.2) is 29.5 Å². The number of carbonyl (C=O) groups excluding carboxylic acids is 1. The molecule has 0 bridgehead atoms. The van der Waals surface area contributed by atoms with E-state index < -0.39 is 0 Å². The van der Waals surface area contributed by atoms with Gasteiger partial charge in [-0.1, -0.05) is 24.3 Å². The Bertz CT molecular complexity index is 673. The summed E-state index contributed by atoms with van der Waals surface area (Å²) in [7, 11) is 0. The normalized spacial score (nSPS) is 20.6. The van der Waals surface area contributed by atoms with E-state index in [4.69, 9.17) is 0 Å².